The number of methoxy groups -OCH3 is 4. The number of carbonyl (C=O) groups excluding carboxylic acids is 3. The Morgan fingerprint density at radius 3 is 1.52 bits per heavy atom. The number of fused-ring (bicyclic) bond motifs is 4. The number of imidazole rings is 2. The number of benzene rings is 2. The molecule has 6 aliphatic carbocycles. The van der Waals surface area contributed by atoms with Crippen LogP contribution in [-0.4, -0.2) is 172 Å². The monoisotopic (exact) mass is 1370 g/mol. The average Bonchev–Trinajstić information content (AvgIpc) is 1.59. The topological polar surface area (TPSA) is 270 Å². The first-order chi connectivity index (χ1) is 48.0. The van der Waals surface area contributed by atoms with Gasteiger partial charge in [0.25, 0.3) is 0 Å². The number of anilines is 2. The van der Waals surface area contributed by atoms with E-state index in [1.54, 1.807) is 41.1 Å². The summed E-state index contributed by atoms with van der Waals surface area (Å²) in [5.41, 5.74) is 4.94. The second kappa shape index (κ2) is 32.1. The summed E-state index contributed by atoms with van der Waals surface area (Å²) >= 11 is 0. The number of hydrogen-bond donors (Lipinski definition) is 3. The highest BCUT2D eigenvalue weighted by Crippen LogP contribution is 2.51. The van der Waals surface area contributed by atoms with Crippen LogP contribution in [0.15, 0.2) is 61.7 Å². The van der Waals surface area contributed by atoms with Crippen molar-refractivity contribution < 1.29 is 61.8 Å². The number of aromatic nitrogens is 8. The first-order valence-corrected chi connectivity index (χ1v) is 36.2. The van der Waals surface area contributed by atoms with Crippen molar-refractivity contribution in [1.29, 1.82) is 0 Å². The van der Waals surface area contributed by atoms with Crippen molar-refractivity contribution in [3.8, 4) is 23.0 Å². The Morgan fingerprint density at radius 2 is 1.07 bits per heavy atom. The Balaban J connectivity index is 0.000000174. The summed E-state index contributed by atoms with van der Waals surface area (Å²) in [6.07, 6.45) is 24.4. The van der Waals surface area contributed by atoms with E-state index in [2.05, 4.69) is 44.9 Å². The second-order valence-corrected chi connectivity index (χ2v) is 29.1. The Labute approximate surface area is 581 Å². The van der Waals surface area contributed by atoms with Gasteiger partial charge in [0.2, 0.25) is 0 Å². The van der Waals surface area contributed by atoms with Crippen molar-refractivity contribution >= 4 is 52.2 Å². The van der Waals surface area contributed by atoms with Gasteiger partial charge in [-0.25, -0.2) is 29.9 Å². The molecule has 8 atom stereocenters. The maximum absolute atomic E-state index is 12.0. The van der Waals surface area contributed by atoms with Gasteiger partial charge in [0.15, 0.2) is 34.5 Å². The lowest BCUT2D eigenvalue weighted by Gasteiger charge is -2.46. The van der Waals surface area contributed by atoms with Crippen LogP contribution in [-0.2, 0) is 55.9 Å². The number of hydrogen-bond acceptors (Lipinski definition) is 23. The van der Waals surface area contributed by atoms with Crippen LogP contribution in [0.4, 0.5) is 11.6 Å². The molecule has 6 heterocycles. The van der Waals surface area contributed by atoms with E-state index in [1.807, 2.05) is 90.6 Å². The van der Waals surface area contributed by atoms with Crippen LogP contribution in [0, 0.1) is 35.5 Å². The van der Waals surface area contributed by atoms with Crippen LogP contribution in [0.5, 0.6) is 23.0 Å². The van der Waals surface area contributed by atoms with Gasteiger partial charge in [0, 0.05) is 98.7 Å². The summed E-state index contributed by atoms with van der Waals surface area (Å²) in [5.74, 6) is 5.80. The number of aldehydes is 1. The molecule has 2 saturated heterocycles. The minimum absolute atomic E-state index is 0.0111. The predicted molar refractivity (Wildman–Crippen MR) is 371 cm³/mol. The summed E-state index contributed by atoms with van der Waals surface area (Å²) in [5, 5.41) is 10.7. The van der Waals surface area contributed by atoms with Crippen molar-refractivity contribution in [3.63, 3.8) is 0 Å². The Morgan fingerprint density at radius 1 is 0.586 bits per heavy atom. The minimum Gasteiger partial charge on any atom is -0.497 e. The summed E-state index contributed by atoms with van der Waals surface area (Å²) < 4.78 is 62.6. The molecule has 0 spiro atoms. The molecule has 25 heteroatoms. The van der Waals surface area contributed by atoms with Gasteiger partial charge in [0.05, 0.1) is 78.6 Å². The predicted octanol–water partition coefficient (Wildman–Crippen LogP) is 11.0. The number of nitrogens with zero attached hydrogens (tertiary/aromatic N) is 9. The second-order valence-electron chi connectivity index (χ2n) is 29.1. The van der Waals surface area contributed by atoms with Gasteiger partial charge >= 0.3 is 11.9 Å². The third-order valence-corrected chi connectivity index (χ3v) is 21.7. The smallest absolute Gasteiger partial charge is 0.305 e. The van der Waals surface area contributed by atoms with Gasteiger partial charge in [-0.05, 0) is 161 Å². The highest BCUT2D eigenvalue weighted by Gasteiger charge is 2.57. The average molecular weight is 1370 g/mol. The zero-order valence-electron chi connectivity index (χ0n) is 59.5. The lowest BCUT2D eigenvalue weighted by atomic mass is 9.75. The molecular formula is C74H104N12O13. The molecule has 4 aromatic heterocycles. The van der Waals surface area contributed by atoms with Crippen LogP contribution in [0.3, 0.4) is 0 Å². The van der Waals surface area contributed by atoms with E-state index in [0.29, 0.717) is 92.1 Å². The Kier molecular flexibility index (Phi) is 23.2. The Hall–Kier alpha value is -7.29. The van der Waals surface area contributed by atoms with Crippen molar-refractivity contribution in [2.24, 2.45) is 35.5 Å². The van der Waals surface area contributed by atoms with Gasteiger partial charge in [-0.15, -0.1) is 0 Å². The molecule has 0 radical (unpaired) electrons. The normalized spacial score (nSPS) is 27.0. The Bertz CT molecular complexity index is 3680. The van der Waals surface area contributed by atoms with Crippen molar-refractivity contribution in [1.82, 2.24) is 49.3 Å². The zero-order chi connectivity index (χ0) is 69.4. The molecule has 3 N–H and O–H groups in total. The molecule has 2 aliphatic heterocycles. The highest BCUT2D eigenvalue weighted by molar-refractivity contribution is 5.83. The third-order valence-electron chi connectivity index (χ3n) is 21.7. The van der Waals surface area contributed by atoms with Crippen LogP contribution in [0.2, 0.25) is 0 Å². The molecule has 99 heavy (non-hydrogen) atoms. The van der Waals surface area contributed by atoms with Gasteiger partial charge in [0.1, 0.15) is 65.2 Å². The lowest BCUT2D eigenvalue weighted by Crippen LogP contribution is -2.50. The molecule has 0 amide bonds. The van der Waals surface area contributed by atoms with E-state index < -0.39 is 11.6 Å². The molecule has 6 aromatic rings. The molecule has 8 aliphatic rings. The van der Waals surface area contributed by atoms with E-state index in [9.17, 15) is 14.4 Å². The van der Waals surface area contributed by atoms with Crippen LogP contribution < -0.4 is 34.9 Å². The summed E-state index contributed by atoms with van der Waals surface area (Å²) in [4.78, 5) is 64.2. The molecule has 14 rings (SSSR count). The largest absolute Gasteiger partial charge is 0.497 e. The van der Waals surface area contributed by atoms with Crippen molar-refractivity contribution in [2.75, 3.05) is 71.9 Å². The maximum atomic E-state index is 12.0. The molecular weight excluding hydrogens is 1260 g/mol. The lowest BCUT2D eigenvalue weighted by molar-refractivity contribution is -0.161. The molecule has 8 fully saturated rings. The fraction of sp³-hybridized carbons (Fsp3) is 0.662. The molecule has 0 bridgehead atoms. The van der Waals surface area contributed by atoms with E-state index >= 15 is 0 Å². The number of esters is 2. The van der Waals surface area contributed by atoms with Crippen LogP contribution >= 0.6 is 0 Å². The number of ether oxygens (including phenoxy) is 10. The highest BCUT2D eigenvalue weighted by atomic mass is 16.8. The van der Waals surface area contributed by atoms with Crippen LogP contribution in [0.25, 0.3) is 22.3 Å². The number of nitrogens with one attached hydrogen (secondary N) is 3. The number of rotatable bonds is 29. The molecule has 6 saturated carbocycles. The maximum Gasteiger partial charge on any atom is 0.305 e. The van der Waals surface area contributed by atoms with Gasteiger partial charge in [-0.2, -0.15) is 0 Å². The first kappa shape index (κ1) is 71.5. The molecule has 2 aromatic carbocycles. The third kappa shape index (κ3) is 16.9. The van der Waals surface area contributed by atoms with Gasteiger partial charge in [-0.1, -0.05) is 12.8 Å². The fourth-order valence-electron chi connectivity index (χ4n) is 15.9. The van der Waals surface area contributed by atoms with Crippen molar-refractivity contribution in [3.05, 3.63) is 72.8 Å². The standard InChI is InChI=1S/C37H52N6O6.C32H44N6O6.C5H8O/c1-6-47-31(44)13-10-24-14-27(15-24)42(19-23-8-7-9-23)20-26-16-29(34-33(26)48-37(2,3)49-34)43-22-41-32-35(39-21-40-36(32)43)38-18-25-11-12-28(45-4)17-30(25)46-5;1-6-42-26(39)10-7-19-11-22(12-19)33-16-21-13-24(29-28(21)43-32(2,3)44-29)38-18-37-27-30(35-17-36-31(27)38)34-15-20-8-9-23(40-4)14-25(20)41-5;6-4-5-2-1-3-5/h11-12,17,21-24,26-27,29,33-34H,6-10,13-16,18-20H2,1-5H3,(H,38,39,40);8-9,14,17-19,21-22,24,28-29,33H,6-7,10-13,15-16H2,1-5H3,(H,34,35,36);4-5H,1-3H2/t24?,26-,27?,29-,33-,34+;19?,21-,22?,24-,28-,29+;/m11./s1. The summed E-state index contributed by atoms with van der Waals surface area (Å²) in [6.45, 7) is 16.6. The molecule has 538 valence electrons. The summed E-state index contributed by atoms with van der Waals surface area (Å²) in [7, 11) is 6.58. The van der Waals surface area contributed by atoms with Crippen molar-refractivity contribution in [2.45, 2.75) is 218 Å². The number of carbonyl (C=O) groups is 3. The van der Waals surface area contributed by atoms with Crippen LogP contribution in [0.1, 0.15) is 167 Å². The minimum atomic E-state index is -0.658. The van der Waals surface area contributed by atoms with E-state index in [-0.39, 0.29) is 54.4 Å². The zero-order valence-corrected chi connectivity index (χ0v) is 59.5. The SMILES string of the molecule is CCOC(=O)CCC1CC(N(CC2CCC2)C[C@H]2C[C@@H](n3cnc4c(NCc5ccc(OC)cc5OC)ncnc43)[C@@H]3OC(C)(C)O[C@H]23)C1.CCOC(=O)CCC1CC(NC[C@H]2C[C@@H](n3cnc4c(NCc5ccc(OC)cc5OC)ncnc43)[C@@H]3OC(C)(C)O[C@H]23)C1.O=CC1CCC1. The van der Waals surface area contributed by atoms with E-state index in [4.69, 9.17) is 62.3 Å². The van der Waals surface area contributed by atoms with E-state index in [0.717, 1.165) is 147 Å². The van der Waals surface area contributed by atoms with Gasteiger partial charge in [-0.3, -0.25) is 14.5 Å². The van der Waals surface area contributed by atoms with E-state index in [1.165, 1.54) is 25.7 Å². The van der Waals surface area contributed by atoms with Gasteiger partial charge < -0.3 is 77.2 Å². The summed E-state index contributed by atoms with van der Waals surface area (Å²) in [6, 6.07) is 12.6. The fourth-order valence-corrected chi connectivity index (χ4v) is 15.9. The molecule has 0 unspecified atom stereocenters. The quantitative estimate of drug-likeness (QED) is 0.0291. The first-order valence-electron chi connectivity index (χ1n) is 36.2. The molecule has 25 nitrogen and oxygen atoms in total.